The van der Waals surface area contributed by atoms with Gasteiger partial charge in [0.15, 0.2) is 5.82 Å². The summed E-state index contributed by atoms with van der Waals surface area (Å²) in [6, 6.07) is 19.2. The molecule has 2 aromatic carbocycles. The van der Waals surface area contributed by atoms with Crippen molar-refractivity contribution in [1.82, 2.24) is 24.8 Å². The van der Waals surface area contributed by atoms with Crippen LogP contribution in [0.1, 0.15) is 5.56 Å². The summed E-state index contributed by atoms with van der Waals surface area (Å²) in [6.07, 6.45) is 1.77. The average Bonchev–Trinajstić information content (AvgIpc) is 3.25. The molecule has 7 nitrogen and oxygen atoms in total. The molecule has 1 saturated heterocycles. The van der Waals surface area contributed by atoms with Gasteiger partial charge < -0.3 is 15.2 Å². The molecular weight excluding hydrogens is 424 g/mol. The largest absolute Gasteiger partial charge is 0.337 e. The van der Waals surface area contributed by atoms with Crippen LogP contribution in [0.4, 0.5) is 10.5 Å². The van der Waals surface area contributed by atoms with E-state index in [0.29, 0.717) is 18.1 Å². The molecule has 5 rings (SSSR count). The fourth-order valence-electron chi connectivity index (χ4n) is 3.88. The summed E-state index contributed by atoms with van der Waals surface area (Å²) in [6.45, 7) is 3.87. The van der Waals surface area contributed by atoms with E-state index in [1.807, 2.05) is 29.2 Å². The molecular formula is C24H23ClN6O. The number of nitrogens with one attached hydrogen (secondary N) is 2. The van der Waals surface area contributed by atoms with Gasteiger partial charge in [0.25, 0.3) is 0 Å². The molecule has 0 unspecified atom stereocenters. The number of nitrogens with zero attached hydrogens (tertiary/aromatic N) is 4. The molecule has 0 saturated carbocycles. The van der Waals surface area contributed by atoms with E-state index < -0.39 is 0 Å². The Kier molecular flexibility index (Phi) is 5.75. The van der Waals surface area contributed by atoms with E-state index in [-0.39, 0.29) is 6.03 Å². The number of fused-ring (bicyclic) bond motifs is 1. The van der Waals surface area contributed by atoms with Gasteiger partial charge in [-0.05, 0) is 54.1 Å². The first-order valence-electron chi connectivity index (χ1n) is 10.6. The van der Waals surface area contributed by atoms with E-state index in [0.717, 1.165) is 47.9 Å². The van der Waals surface area contributed by atoms with Gasteiger partial charge in [-0.3, -0.25) is 9.88 Å². The Balaban J connectivity index is 1.18. The lowest BCUT2D eigenvalue weighted by Gasteiger charge is -2.34. The summed E-state index contributed by atoms with van der Waals surface area (Å²) >= 11 is 5.90. The number of carbonyl (C=O) groups excluding carboxylic acids is 1. The first kappa shape index (κ1) is 20.5. The van der Waals surface area contributed by atoms with Crippen molar-refractivity contribution in [3.8, 4) is 11.5 Å². The van der Waals surface area contributed by atoms with E-state index in [1.54, 1.807) is 30.5 Å². The highest BCUT2D eigenvalue weighted by molar-refractivity contribution is 6.30. The zero-order chi connectivity index (χ0) is 21.9. The van der Waals surface area contributed by atoms with Gasteiger partial charge in [-0.1, -0.05) is 23.7 Å². The Bertz CT molecular complexity index is 1220. The Hall–Kier alpha value is -3.42. The van der Waals surface area contributed by atoms with Gasteiger partial charge in [-0.2, -0.15) is 0 Å². The van der Waals surface area contributed by atoms with Gasteiger partial charge in [0.05, 0.1) is 11.0 Å². The van der Waals surface area contributed by atoms with E-state index in [1.165, 1.54) is 5.56 Å². The molecule has 1 aliphatic heterocycles. The number of pyridine rings is 1. The normalized spacial score (nSPS) is 14.6. The lowest BCUT2D eigenvalue weighted by Crippen LogP contribution is -2.49. The van der Waals surface area contributed by atoms with Crippen molar-refractivity contribution in [2.75, 3.05) is 31.5 Å². The number of urea groups is 1. The van der Waals surface area contributed by atoms with Crippen LogP contribution in [-0.4, -0.2) is 57.0 Å². The van der Waals surface area contributed by atoms with Crippen LogP contribution in [-0.2, 0) is 6.54 Å². The van der Waals surface area contributed by atoms with E-state index >= 15 is 0 Å². The number of piperazine rings is 1. The molecule has 162 valence electrons. The zero-order valence-electron chi connectivity index (χ0n) is 17.5. The van der Waals surface area contributed by atoms with Crippen molar-refractivity contribution in [3.05, 3.63) is 77.4 Å². The smallest absolute Gasteiger partial charge is 0.321 e. The minimum Gasteiger partial charge on any atom is -0.337 e. The summed E-state index contributed by atoms with van der Waals surface area (Å²) in [5.41, 5.74) is 4.73. The van der Waals surface area contributed by atoms with Gasteiger partial charge >= 0.3 is 6.03 Å². The van der Waals surface area contributed by atoms with Crippen LogP contribution in [0.3, 0.4) is 0 Å². The van der Waals surface area contributed by atoms with Crippen molar-refractivity contribution in [1.29, 1.82) is 0 Å². The molecule has 2 amide bonds. The predicted molar refractivity (Wildman–Crippen MR) is 127 cm³/mol. The maximum atomic E-state index is 12.5. The van der Waals surface area contributed by atoms with Gasteiger partial charge in [-0.25, -0.2) is 9.78 Å². The van der Waals surface area contributed by atoms with Crippen LogP contribution in [0, 0.1) is 0 Å². The molecule has 0 atom stereocenters. The minimum absolute atomic E-state index is 0.0760. The van der Waals surface area contributed by atoms with Gasteiger partial charge in [0.1, 0.15) is 5.69 Å². The van der Waals surface area contributed by atoms with Crippen LogP contribution in [0.2, 0.25) is 5.02 Å². The van der Waals surface area contributed by atoms with Crippen LogP contribution < -0.4 is 5.32 Å². The second-order valence-corrected chi connectivity index (χ2v) is 8.29. The number of hydrogen-bond acceptors (Lipinski definition) is 4. The number of halogens is 1. The maximum absolute atomic E-state index is 12.5. The highest BCUT2D eigenvalue weighted by Crippen LogP contribution is 2.21. The maximum Gasteiger partial charge on any atom is 0.321 e. The summed E-state index contributed by atoms with van der Waals surface area (Å²) in [5, 5.41) is 3.58. The molecule has 0 radical (unpaired) electrons. The van der Waals surface area contributed by atoms with Gasteiger partial charge in [0.2, 0.25) is 0 Å². The van der Waals surface area contributed by atoms with E-state index in [4.69, 9.17) is 11.6 Å². The highest BCUT2D eigenvalue weighted by Gasteiger charge is 2.21. The molecule has 1 fully saturated rings. The number of H-pyrrole nitrogens is 1. The van der Waals surface area contributed by atoms with Crippen LogP contribution in [0.15, 0.2) is 66.9 Å². The molecule has 2 aromatic heterocycles. The molecule has 4 aromatic rings. The van der Waals surface area contributed by atoms with Gasteiger partial charge in [-0.15, -0.1) is 0 Å². The Labute approximate surface area is 191 Å². The number of carbonyl (C=O) groups is 1. The lowest BCUT2D eigenvalue weighted by atomic mass is 10.1. The quantitative estimate of drug-likeness (QED) is 0.479. The fraction of sp³-hybridized carbons (Fsp3) is 0.208. The third-order valence-corrected chi connectivity index (χ3v) is 5.87. The molecule has 32 heavy (non-hydrogen) atoms. The lowest BCUT2D eigenvalue weighted by molar-refractivity contribution is 0.143. The van der Waals surface area contributed by atoms with Crippen molar-refractivity contribution >= 4 is 34.4 Å². The van der Waals surface area contributed by atoms with Crippen molar-refractivity contribution < 1.29 is 4.79 Å². The second-order valence-electron chi connectivity index (χ2n) is 7.85. The van der Waals surface area contributed by atoms with E-state index in [2.05, 4.69) is 37.3 Å². The monoisotopic (exact) mass is 446 g/mol. The number of aromatic amines is 1. The first-order chi connectivity index (χ1) is 15.6. The van der Waals surface area contributed by atoms with Gasteiger partial charge in [0, 0.05) is 49.6 Å². The van der Waals surface area contributed by atoms with E-state index in [9.17, 15) is 4.79 Å². The SMILES string of the molecule is O=C(Nc1ccc(Cl)cc1)N1CCN(Cc2ccc3nc(-c4ccccn4)[nH]c3c2)CC1. The van der Waals surface area contributed by atoms with Crippen LogP contribution in [0.5, 0.6) is 0 Å². The molecule has 8 heteroatoms. The molecule has 1 aliphatic rings. The zero-order valence-corrected chi connectivity index (χ0v) is 18.2. The number of benzene rings is 2. The van der Waals surface area contributed by atoms with Crippen molar-refractivity contribution in [3.63, 3.8) is 0 Å². The number of imidazole rings is 1. The third kappa shape index (κ3) is 4.59. The molecule has 2 N–H and O–H groups in total. The Morgan fingerprint density at radius 1 is 1.03 bits per heavy atom. The average molecular weight is 447 g/mol. The number of anilines is 1. The summed E-state index contributed by atoms with van der Waals surface area (Å²) in [4.78, 5) is 29.1. The third-order valence-electron chi connectivity index (χ3n) is 5.61. The van der Waals surface area contributed by atoms with Crippen LogP contribution >= 0.6 is 11.6 Å². The van der Waals surface area contributed by atoms with Crippen molar-refractivity contribution in [2.24, 2.45) is 0 Å². The summed E-state index contributed by atoms with van der Waals surface area (Å²) in [7, 11) is 0. The molecule has 0 aliphatic carbocycles. The Morgan fingerprint density at radius 3 is 2.59 bits per heavy atom. The second kappa shape index (κ2) is 8.98. The Morgan fingerprint density at radius 2 is 1.84 bits per heavy atom. The predicted octanol–water partition coefficient (Wildman–Crippen LogP) is 4.63. The minimum atomic E-state index is -0.0760. The topological polar surface area (TPSA) is 77.2 Å². The molecule has 0 bridgehead atoms. The number of hydrogen-bond donors (Lipinski definition) is 2. The fourth-order valence-corrected chi connectivity index (χ4v) is 4.01. The first-order valence-corrected chi connectivity index (χ1v) is 11.0. The summed E-state index contributed by atoms with van der Waals surface area (Å²) in [5.74, 6) is 0.776. The number of amides is 2. The number of aromatic nitrogens is 3. The standard InChI is InChI=1S/C24H23ClN6O/c25-18-5-7-19(8-6-18)27-24(32)31-13-11-30(12-14-31)16-17-4-9-20-22(15-17)29-23(28-20)21-3-1-2-10-26-21/h1-10,15H,11-14,16H2,(H,27,32)(H,28,29). The molecule has 0 spiro atoms. The number of rotatable bonds is 4. The summed E-state index contributed by atoms with van der Waals surface area (Å²) < 4.78 is 0. The van der Waals surface area contributed by atoms with Crippen molar-refractivity contribution in [2.45, 2.75) is 6.54 Å². The van der Waals surface area contributed by atoms with Crippen LogP contribution in [0.25, 0.3) is 22.6 Å². The highest BCUT2D eigenvalue weighted by atomic mass is 35.5. The molecule has 3 heterocycles.